The Kier molecular flexibility index (Phi) is 6.05. The number of allylic oxidation sites excluding steroid dienone is 3. The Hall–Kier alpha value is -2.62. The molecule has 0 saturated carbocycles. The summed E-state index contributed by atoms with van der Waals surface area (Å²) in [6.45, 7) is 11.2. The van der Waals surface area contributed by atoms with Gasteiger partial charge < -0.3 is 4.90 Å². The van der Waals surface area contributed by atoms with Gasteiger partial charge in [-0.05, 0) is 43.4 Å². The number of nitrogens with zero attached hydrogens (tertiary/aromatic N) is 4. The van der Waals surface area contributed by atoms with E-state index in [1.54, 1.807) is 0 Å². The molecule has 1 aromatic heterocycles. The Labute approximate surface area is 156 Å². The summed E-state index contributed by atoms with van der Waals surface area (Å²) >= 11 is 0. The van der Waals surface area contributed by atoms with Crippen LogP contribution in [0.1, 0.15) is 32.3 Å². The quantitative estimate of drug-likeness (QED) is 0.698. The summed E-state index contributed by atoms with van der Waals surface area (Å²) in [5.41, 5.74) is 6.08. The zero-order valence-corrected chi connectivity index (χ0v) is 15.9. The van der Waals surface area contributed by atoms with E-state index in [0.29, 0.717) is 0 Å². The van der Waals surface area contributed by atoms with Crippen molar-refractivity contribution in [2.45, 2.75) is 39.7 Å². The van der Waals surface area contributed by atoms with Crippen LogP contribution in [-0.2, 0) is 13.0 Å². The summed E-state index contributed by atoms with van der Waals surface area (Å²) in [4.78, 5) is 2.44. The number of hydrogen-bond donors (Lipinski definition) is 0. The van der Waals surface area contributed by atoms with Gasteiger partial charge in [-0.15, -0.1) is 5.10 Å². The fourth-order valence-electron chi connectivity index (χ4n) is 3.39. The SMILES string of the molecule is C=CC1=C(/C=C\C)N(CCCn2cc(-c3ccc(CC)cc3)nn2)CC1. The van der Waals surface area contributed by atoms with Gasteiger partial charge in [-0.2, -0.15) is 0 Å². The van der Waals surface area contributed by atoms with Crippen molar-refractivity contribution in [3.05, 3.63) is 72.1 Å². The molecular weight excluding hydrogens is 320 g/mol. The van der Waals surface area contributed by atoms with Crippen molar-refractivity contribution in [2.24, 2.45) is 0 Å². The molecule has 0 radical (unpaired) electrons. The predicted molar refractivity (Wildman–Crippen MR) is 108 cm³/mol. The monoisotopic (exact) mass is 348 g/mol. The van der Waals surface area contributed by atoms with Gasteiger partial charge in [-0.25, -0.2) is 0 Å². The van der Waals surface area contributed by atoms with Crippen molar-refractivity contribution in [3.63, 3.8) is 0 Å². The van der Waals surface area contributed by atoms with Gasteiger partial charge >= 0.3 is 0 Å². The molecule has 0 aliphatic carbocycles. The molecule has 4 nitrogen and oxygen atoms in total. The van der Waals surface area contributed by atoms with Crippen molar-refractivity contribution in [3.8, 4) is 11.3 Å². The summed E-state index contributed by atoms with van der Waals surface area (Å²) < 4.78 is 1.95. The first-order valence-corrected chi connectivity index (χ1v) is 9.47. The van der Waals surface area contributed by atoms with E-state index in [2.05, 4.69) is 72.1 Å². The third-order valence-electron chi connectivity index (χ3n) is 4.90. The lowest BCUT2D eigenvalue weighted by Gasteiger charge is -2.20. The van der Waals surface area contributed by atoms with Crippen molar-refractivity contribution in [2.75, 3.05) is 13.1 Å². The lowest BCUT2D eigenvalue weighted by molar-refractivity contribution is 0.361. The molecule has 26 heavy (non-hydrogen) atoms. The van der Waals surface area contributed by atoms with Gasteiger partial charge in [0.25, 0.3) is 0 Å². The Morgan fingerprint density at radius 2 is 2.00 bits per heavy atom. The summed E-state index contributed by atoms with van der Waals surface area (Å²) in [6.07, 6.45) is 11.5. The van der Waals surface area contributed by atoms with Crippen LogP contribution in [-0.4, -0.2) is 33.0 Å². The maximum Gasteiger partial charge on any atom is 0.113 e. The first-order chi connectivity index (χ1) is 12.7. The average molecular weight is 348 g/mol. The second kappa shape index (κ2) is 8.65. The van der Waals surface area contributed by atoms with E-state index in [1.807, 2.05) is 17.0 Å². The van der Waals surface area contributed by atoms with Gasteiger partial charge in [-0.3, -0.25) is 4.68 Å². The number of aryl methyl sites for hydroxylation is 2. The van der Waals surface area contributed by atoms with E-state index in [4.69, 9.17) is 0 Å². The first-order valence-electron chi connectivity index (χ1n) is 9.47. The third kappa shape index (κ3) is 4.13. The maximum atomic E-state index is 4.33. The third-order valence-corrected chi connectivity index (χ3v) is 4.90. The molecule has 3 rings (SSSR count). The van der Waals surface area contributed by atoms with Gasteiger partial charge in [0, 0.05) is 30.9 Å². The number of benzene rings is 1. The second-order valence-electron chi connectivity index (χ2n) is 6.62. The fraction of sp³-hybridized carbons (Fsp3) is 0.364. The van der Waals surface area contributed by atoms with Gasteiger partial charge in [0.2, 0.25) is 0 Å². The highest BCUT2D eigenvalue weighted by Gasteiger charge is 2.18. The van der Waals surface area contributed by atoms with Gasteiger partial charge in [0.1, 0.15) is 5.69 Å². The van der Waals surface area contributed by atoms with Crippen LogP contribution in [0.25, 0.3) is 11.3 Å². The number of rotatable bonds is 8. The van der Waals surface area contributed by atoms with Gasteiger partial charge in [0.15, 0.2) is 0 Å². The molecule has 136 valence electrons. The first kappa shape index (κ1) is 18.2. The molecule has 1 aliphatic rings. The zero-order valence-electron chi connectivity index (χ0n) is 15.9. The summed E-state index contributed by atoms with van der Waals surface area (Å²) in [5.74, 6) is 0. The summed E-state index contributed by atoms with van der Waals surface area (Å²) in [5, 5.41) is 8.62. The number of hydrogen-bond acceptors (Lipinski definition) is 3. The van der Waals surface area contributed by atoms with Crippen LogP contribution in [0.15, 0.2) is 66.5 Å². The Morgan fingerprint density at radius 3 is 2.69 bits per heavy atom. The van der Waals surface area contributed by atoms with E-state index in [0.717, 1.165) is 50.2 Å². The Morgan fingerprint density at radius 1 is 1.19 bits per heavy atom. The molecule has 0 amide bonds. The minimum absolute atomic E-state index is 0.878. The highest BCUT2D eigenvalue weighted by molar-refractivity contribution is 5.57. The smallest absolute Gasteiger partial charge is 0.113 e. The molecule has 1 aromatic carbocycles. The van der Waals surface area contributed by atoms with Crippen LogP contribution in [0.5, 0.6) is 0 Å². The van der Waals surface area contributed by atoms with Crippen molar-refractivity contribution in [1.29, 1.82) is 0 Å². The average Bonchev–Trinajstić information content (AvgIpc) is 3.30. The van der Waals surface area contributed by atoms with E-state index in [9.17, 15) is 0 Å². The molecule has 0 bridgehead atoms. The van der Waals surface area contributed by atoms with Crippen LogP contribution in [0.2, 0.25) is 0 Å². The van der Waals surface area contributed by atoms with Crippen LogP contribution in [0.4, 0.5) is 0 Å². The highest BCUT2D eigenvalue weighted by Crippen LogP contribution is 2.25. The van der Waals surface area contributed by atoms with Gasteiger partial charge in [0.05, 0.1) is 6.20 Å². The normalized spacial score (nSPS) is 14.6. The summed E-state index contributed by atoms with van der Waals surface area (Å²) in [6, 6.07) is 8.58. The van der Waals surface area contributed by atoms with E-state index in [1.165, 1.54) is 16.8 Å². The molecule has 0 spiro atoms. The van der Waals surface area contributed by atoms with E-state index >= 15 is 0 Å². The largest absolute Gasteiger partial charge is 0.371 e. The molecule has 1 aliphatic heterocycles. The predicted octanol–water partition coefficient (Wildman–Crippen LogP) is 4.62. The van der Waals surface area contributed by atoms with Crippen LogP contribution in [0.3, 0.4) is 0 Å². The van der Waals surface area contributed by atoms with Gasteiger partial charge in [-0.1, -0.05) is 55.1 Å². The molecule has 4 heteroatoms. The summed E-state index contributed by atoms with van der Waals surface area (Å²) in [7, 11) is 0. The number of aromatic nitrogens is 3. The molecule has 2 heterocycles. The molecule has 0 unspecified atom stereocenters. The lowest BCUT2D eigenvalue weighted by Crippen LogP contribution is -2.21. The molecule has 0 N–H and O–H groups in total. The second-order valence-corrected chi connectivity index (χ2v) is 6.62. The minimum Gasteiger partial charge on any atom is -0.371 e. The zero-order chi connectivity index (χ0) is 18.4. The molecular formula is C22H28N4. The maximum absolute atomic E-state index is 4.33. The van der Waals surface area contributed by atoms with Crippen molar-refractivity contribution >= 4 is 0 Å². The lowest BCUT2D eigenvalue weighted by atomic mass is 10.1. The molecule has 0 saturated heterocycles. The van der Waals surface area contributed by atoms with E-state index in [-0.39, 0.29) is 0 Å². The van der Waals surface area contributed by atoms with Crippen molar-refractivity contribution in [1.82, 2.24) is 19.9 Å². The minimum atomic E-state index is 0.878. The van der Waals surface area contributed by atoms with Crippen LogP contribution >= 0.6 is 0 Å². The molecule has 2 aromatic rings. The molecule has 0 fully saturated rings. The topological polar surface area (TPSA) is 34.0 Å². The Bertz CT molecular complexity index is 796. The highest BCUT2D eigenvalue weighted by atomic mass is 15.4. The van der Waals surface area contributed by atoms with Crippen molar-refractivity contribution < 1.29 is 0 Å². The van der Waals surface area contributed by atoms with E-state index < -0.39 is 0 Å². The van der Waals surface area contributed by atoms with Crippen LogP contribution in [0, 0.1) is 0 Å². The molecule has 0 atom stereocenters. The fourth-order valence-corrected chi connectivity index (χ4v) is 3.39. The standard InChI is InChI=1S/C22H28N4/c1-4-8-22-19(6-3)13-16-25(22)14-7-15-26-17-21(23-24-26)20-11-9-18(5-2)10-12-20/h4,6,8-12,17H,3,5,7,13-16H2,1-2H3/b8-4-. The Balaban J connectivity index is 1.57. The van der Waals surface area contributed by atoms with Crippen LogP contribution < -0.4 is 0 Å².